The van der Waals surface area contributed by atoms with Gasteiger partial charge in [0.05, 0.1) is 29.1 Å². The molecule has 0 unspecified atom stereocenters. The lowest BCUT2D eigenvalue weighted by Crippen LogP contribution is -2.22. The number of thioether (sulfide) groups is 1. The van der Waals surface area contributed by atoms with Crippen molar-refractivity contribution in [3.8, 4) is 5.75 Å². The Morgan fingerprint density at radius 1 is 1.10 bits per heavy atom. The molecule has 7 heteroatoms. The Balaban J connectivity index is 1.40. The first-order valence-electron chi connectivity index (χ1n) is 9.54. The number of carbonyl (C=O) groups is 1. The molecule has 0 saturated heterocycles. The summed E-state index contributed by atoms with van der Waals surface area (Å²) >= 11 is 1.37. The smallest absolute Gasteiger partial charge is 0.237 e. The van der Waals surface area contributed by atoms with Gasteiger partial charge in [0.1, 0.15) is 16.9 Å². The average Bonchev–Trinajstić information content (AvgIpc) is 3.32. The lowest BCUT2D eigenvalue weighted by molar-refractivity contribution is -0.115. The molecule has 5 rings (SSSR count). The lowest BCUT2D eigenvalue weighted by atomic mass is 10.1. The number of rotatable bonds is 5. The Morgan fingerprint density at radius 3 is 2.73 bits per heavy atom. The van der Waals surface area contributed by atoms with Crippen LogP contribution in [0.4, 0.5) is 5.69 Å². The summed E-state index contributed by atoms with van der Waals surface area (Å²) in [5.41, 5.74) is 3.90. The Labute approximate surface area is 176 Å². The maximum absolute atomic E-state index is 12.8. The van der Waals surface area contributed by atoms with E-state index in [1.165, 1.54) is 11.8 Å². The third-order valence-corrected chi connectivity index (χ3v) is 5.97. The van der Waals surface area contributed by atoms with Crippen molar-refractivity contribution < 1.29 is 13.9 Å². The van der Waals surface area contributed by atoms with Gasteiger partial charge in [-0.25, -0.2) is 4.98 Å². The zero-order chi connectivity index (χ0) is 20.7. The predicted molar refractivity (Wildman–Crippen MR) is 120 cm³/mol. The van der Waals surface area contributed by atoms with Gasteiger partial charge in [0.15, 0.2) is 5.16 Å². The maximum atomic E-state index is 12.8. The number of anilines is 1. The Bertz CT molecular complexity index is 1360. The number of fused-ring (bicyclic) bond motifs is 4. The highest BCUT2D eigenvalue weighted by Gasteiger charge is 2.20. The van der Waals surface area contributed by atoms with E-state index in [1.807, 2.05) is 67.6 Å². The summed E-state index contributed by atoms with van der Waals surface area (Å²) in [6, 6.07) is 19.3. The molecule has 2 N–H and O–H groups in total. The fourth-order valence-corrected chi connectivity index (χ4v) is 4.28. The molecule has 2 aromatic heterocycles. The third kappa shape index (κ3) is 3.27. The number of nitrogens with zero attached hydrogens (tertiary/aromatic N) is 1. The topological polar surface area (TPSA) is 80.1 Å². The molecule has 150 valence electrons. The molecule has 0 radical (unpaired) electrons. The van der Waals surface area contributed by atoms with Crippen LogP contribution < -0.4 is 10.1 Å². The minimum absolute atomic E-state index is 0.144. The molecule has 30 heavy (non-hydrogen) atoms. The zero-order valence-corrected chi connectivity index (χ0v) is 17.2. The number of para-hydroxylation sites is 3. The number of methoxy groups -OCH3 is 1. The molecule has 0 fully saturated rings. The number of imidazole rings is 1. The second-order valence-corrected chi connectivity index (χ2v) is 8.28. The highest BCUT2D eigenvalue weighted by molar-refractivity contribution is 8.00. The van der Waals surface area contributed by atoms with E-state index in [9.17, 15) is 4.79 Å². The minimum Gasteiger partial charge on any atom is -0.495 e. The molecular weight excluding hydrogens is 398 g/mol. The van der Waals surface area contributed by atoms with E-state index in [2.05, 4.69) is 15.3 Å². The second-order valence-electron chi connectivity index (χ2n) is 6.96. The van der Waals surface area contributed by atoms with Gasteiger partial charge >= 0.3 is 0 Å². The Kier molecular flexibility index (Phi) is 4.59. The van der Waals surface area contributed by atoms with E-state index in [0.717, 1.165) is 27.4 Å². The first-order valence-corrected chi connectivity index (χ1v) is 10.4. The van der Waals surface area contributed by atoms with Gasteiger partial charge in [-0.3, -0.25) is 4.79 Å². The summed E-state index contributed by atoms with van der Waals surface area (Å²) in [6.07, 6.45) is 0. The van der Waals surface area contributed by atoms with Gasteiger partial charge < -0.3 is 19.5 Å². The van der Waals surface area contributed by atoms with Crippen molar-refractivity contribution in [3.05, 3.63) is 60.7 Å². The average molecular weight is 417 g/mol. The molecule has 0 saturated carbocycles. The molecule has 0 aliphatic carbocycles. The van der Waals surface area contributed by atoms with Crippen LogP contribution in [0.1, 0.15) is 6.92 Å². The van der Waals surface area contributed by atoms with Crippen LogP contribution >= 0.6 is 11.8 Å². The van der Waals surface area contributed by atoms with Gasteiger partial charge in [0.2, 0.25) is 5.91 Å². The fraction of sp³-hybridized carbons (Fsp3) is 0.130. The van der Waals surface area contributed by atoms with Crippen molar-refractivity contribution in [1.29, 1.82) is 0 Å². The number of benzene rings is 3. The number of hydrogen-bond acceptors (Lipinski definition) is 5. The monoisotopic (exact) mass is 417 g/mol. The normalized spacial score (nSPS) is 12.5. The van der Waals surface area contributed by atoms with Crippen LogP contribution in [-0.2, 0) is 4.79 Å². The largest absolute Gasteiger partial charge is 0.495 e. The van der Waals surface area contributed by atoms with Crippen LogP contribution in [0.15, 0.2) is 70.2 Å². The van der Waals surface area contributed by atoms with Gasteiger partial charge in [0.25, 0.3) is 0 Å². The molecule has 1 atom stereocenters. The molecule has 0 aliphatic heterocycles. The first kappa shape index (κ1) is 18.6. The van der Waals surface area contributed by atoms with E-state index in [4.69, 9.17) is 9.15 Å². The summed E-state index contributed by atoms with van der Waals surface area (Å²) in [6.45, 7) is 1.85. The number of hydrogen-bond donors (Lipinski definition) is 2. The fourth-order valence-electron chi connectivity index (χ4n) is 3.46. The van der Waals surface area contributed by atoms with Crippen LogP contribution in [0.5, 0.6) is 5.75 Å². The van der Waals surface area contributed by atoms with E-state index in [1.54, 1.807) is 7.11 Å². The summed E-state index contributed by atoms with van der Waals surface area (Å²) in [5.74, 6) is 0.442. The SMILES string of the molecule is COc1cc2c(cc1NC(=O)[C@H](C)Sc1nc3ccccc3[nH]1)oc1ccccc12. The van der Waals surface area contributed by atoms with E-state index >= 15 is 0 Å². The molecule has 5 aromatic rings. The van der Waals surface area contributed by atoms with Crippen LogP contribution in [0.25, 0.3) is 33.0 Å². The minimum atomic E-state index is -0.360. The van der Waals surface area contributed by atoms with Gasteiger partial charge in [-0.2, -0.15) is 0 Å². The molecule has 0 spiro atoms. The molecule has 0 aliphatic rings. The van der Waals surface area contributed by atoms with Crippen molar-refractivity contribution in [2.45, 2.75) is 17.3 Å². The molecule has 2 heterocycles. The van der Waals surface area contributed by atoms with Crippen LogP contribution in [0.2, 0.25) is 0 Å². The second kappa shape index (κ2) is 7.42. The third-order valence-electron chi connectivity index (χ3n) is 4.98. The van der Waals surface area contributed by atoms with Crippen molar-refractivity contribution in [3.63, 3.8) is 0 Å². The standard InChI is InChI=1S/C23H19N3O3S/c1-13(30-23-25-16-8-4-5-9-17(16)26-23)22(27)24-18-12-20-15(11-21(18)28-2)14-7-3-6-10-19(14)29-20/h3-13H,1-2H3,(H,24,27)(H,25,26)/t13-/m0/s1. The Hall–Kier alpha value is -3.45. The first-order chi connectivity index (χ1) is 14.6. The van der Waals surface area contributed by atoms with E-state index in [-0.39, 0.29) is 11.2 Å². The van der Waals surface area contributed by atoms with Crippen molar-refractivity contribution in [2.24, 2.45) is 0 Å². The molecule has 0 bridgehead atoms. The Morgan fingerprint density at radius 2 is 1.90 bits per heavy atom. The van der Waals surface area contributed by atoms with Crippen molar-refractivity contribution >= 4 is 56.3 Å². The number of aromatic amines is 1. The van der Waals surface area contributed by atoms with Gasteiger partial charge in [-0.05, 0) is 31.2 Å². The van der Waals surface area contributed by atoms with Crippen LogP contribution in [-0.4, -0.2) is 28.2 Å². The number of amides is 1. The van der Waals surface area contributed by atoms with Gasteiger partial charge in [-0.1, -0.05) is 42.1 Å². The van der Waals surface area contributed by atoms with E-state index in [0.29, 0.717) is 22.2 Å². The summed E-state index contributed by atoms with van der Waals surface area (Å²) in [5, 5.41) is 5.27. The van der Waals surface area contributed by atoms with Crippen molar-refractivity contribution in [1.82, 2.24) is 9.97 Å². The number of furan rings is 1. The summed E-state index contributed by atoms with van der Waals surface area (Å²) < 4.78 is 11.5. The summed E-state index contributed by atoms with van der Waals surface area (Å²) in [4.78, 5) is 20.6. The number of carbonyl (C=O) groups excluding carboxylic acids is 1. The highest BCUT2D eigenvalue weighted by Crippen LogP contribution is 2.36. The van der Waals surface area contributed by atoms with Gasteiger partial charge in [0, 0.05) is 16.8 Å². The number of nitrogens with one attached hydrogen (secondary N) is 2. The van der Waals surface area contributed by atoms with Gasteiger partial charge in [-0.15, -0.1) is 0 Å². The van der Waals surface area contributed by atoms with E-state index < -0.39 is 0 Å². The number of aromatic nitrogens is 2. The summed E-state index contributed by atoms with van der Waals surface area (Å²) in [7, 11) is 1.59. The molecule has 6 nitrogen and oxygen atoms in total. The number of ether oxygens (including phenoxy) is 1. The van der Waals surface area contributed by atoms with Crippen molar-refractivity contribution in [2.75, 3.05) is 12.4 Å². The predicted octanol–water partition coefficient (Wildman–Crippen LogP) is 5.59. The molecular formula is C23H19N3O3S. The zero-order valence-electron chi connectivity index (χ0n) is 16.4. The maximum Gasteiger partial charge on any atom is 0.237 e. The molecule has 3 aromatic carbocycles. The quantitative estimate of drug-likeness (QED) is 0.364. The molecule has 1 amide bonds. The van der Waals surface area contributed by atoms with Crippen LogP contribution in [0.3, 0.4) is 0 Å². The highest BCUT2D eigenvalue weighted by atomic mass is 32.2. The lowest BCUT2D eigenvalue weighted by Gasteiger charge is -2.13. The van der Waals surface area contributed by atoms with Crippen LogP contribution in [0, 0.1) is 0 Å². The number of H-pyrrole nitrogens is 1.